The summed E-state index contributed by atoms with van der Waals surface area (Å²) >= 11 is 0. The average molecular weight is 93.1 g/mol. The summed E-state index contributed by atoms with van der Waals surface area (Å²) in [5.41, 5.74) is 0. The Bertz CT molecular complexity index is 25.2. The number of hydrogen-bond donors (Lipinski definition) is 3. The number of aliphatic hydroxyl groups is 3. The van der Waals surface area contributed by atoms with Gasteiger partial charge in [0.05, 0.1) is 13.2 Å². The first kappa shape index (κ1) is 5.88. The van der Waals surface area contributed by atoms with E-state index < -0.39 is 6.10 Å². The molecule has 0 saturated carbocycles. The van der Waals surface area contributed by atoms with E-state index in [1.165, 1.54) is 0 Å². The Morgan fingerprint density at radius 3 is 1.50 bits per heavy atom. The minimum atomic E-state index is -0.954. The highest BCUT2D eigenvalue weighted by Gasteiger charge is 1.93. The van der Waals surface area contributed by atoms with Gasteiger partial charge in [0, 0.05) is 0 Å². The number of hydrogen-bond acceptors (Lipinski definition) is 3. The molecule has 0 aromatic carbocycles. The molecule has 3 heteroatoms. The van der Waals surface area contributed by atoms with Gasteiger partial charge in [0.15, 0.2) is 0 Å². The van der Waals surface area contributed by atoms with Crippen LogP contribution in [0, 0.1) is 0 Å². The van der Waals surface area contributed by atoms with Crippen LogP contribution in [0.3, 0.4) is 0 Å². The zero-order valence-corrected chi connectivity index (χ0v) is 3.33. The van der Waals surface area contributed by atoms with Crippen LogP contribution in [-0.4, -0.2) is 34.6 Å². The highest BCUT2D eigenvalue weighted by atomic mass is 16.4. The molecule has 0 aliphatic carbocycles. The molecule has 0 amide bonds. The quantitative estimate of drug-likeness (QED) is 0.358. The van der Waals surface area contributed by atoms with Gasteiger partial charge < -0.3 is 15.3 Å². The molecule has 0 saturated heterocycles. The van der Waals surface area contributed by atoms with Gasteiger partial charge in [-0.1, -0.05) is 0 Å². The molecule has 0 aromatic heterocycles. The van der Waals surface area contributed by atoms with Crippen molar-refractivity contribution in [2.45, 2.75) is 6.10 Å². The zero-order chi connectivity index (χ0) is 4.99. The van der Waals surface area contributed by atoms with Crippen molar-refractivity contribution in [2.24, 2.45) is 0 Å². The molecule has 0 rings (SSSR count). The first-order chi connectivity index (χ1) is 2.81. The molecule has 0 aromatic rings. The molecule has 0 spiro atoms. The predicted octanol–water partition coefficient (Wildman–Crippen LogP) is -1.67. The lowest BCUT2D eigenvalue weighted by atomic mass is 10.8. The maximum absolute atomic E-state index is 8.17. The minimum absolute atomic E-state index is 0.365. The van der Waals surface area contributed by atoms with E-state index in [9.17, 15) is 0 Å². The molecule has 0 unspecified atom stereocenters. The van der Waals surface area contributed by atoms with Crippen LogP contribution in [0.15, 0.2) is 0 Å². The molecule has 0 aliphatic heterocycles. The van der Waals surface area contributed by atoms with Crippen molar-refractivity contribution in [3.05, 3.63) is 0 Å². The van der Waals surface area contributed by atoms with Crippen LogP contribution in [0.4, 0.5) is 0 Å². The lowest BCUT2D eigenvalue weighted by Crippen LogP contribution is -2.15. The predicted molar refractivity (Wildman–Crippen MR) is 20.2 cm³/mol. The van der Waals surface area contributed by atoms with Crippen molar-refractivity contribution in [1.29, 1.82) is 0 Å². The lowest BCUT2D eigenvalue weighted by molar-refractivity contribution is 0.0450. The maximum Gasteiger partial charge on any atom is 0.100 e. The Morgan fingerprint density at radius 1 is 1.17 bits per heavy atom. The molecule has 0 heterocycles. The molecule has 0 radical (unpaired) electrons. The Kier molecular flexibility index (Phi) is 3.02. The summed E-state index contributed by atoms with van der Waals surface area (Å²) in [6, 6.07) is 0. The SMILES string of the molecule is OC[13CH](O)CO. The monoisotopic (exact) mass is 93.1 g/mol. The highest BCUT2D eigenvalue weighted by molar-refractivity contribution is 4.43. The largest absolute Gasteiger partial charge is 0.394 e. The van der Waals surface area contributed by atoms with Crippen LogP contribution < -0.4 is 0 Å². The van der Waals surface area contributed by atoms with Gasteiger partial charge in [-0.15, -0.1) is 0 Å². The fourth-order valence-corrected chi connectivity index (χ4v) is 0.0577. The van der Waals surface area contributed by atoms with Crippen LogP contribution in [0.25, 0.3) is 0 Å². The van der Waals surface area contributed by atoms with Crippen molar-refractivity contribution in [1.82, 2.24) is 0 Å². The van der Waals surface area contributed by atoms with E-state index in [-0.39, 0.29) is 13.2 Å². The average Bonchev–Trinajstić information content (AvgIpc) is 1.65. The third-order valence-electron chi connectivity index (χ3n) is 0.421. The van der Waals surface area contributed by atoms with E-state index in [1.54, 1.807) is 0 Å². The van der Waals surface area contributed by atoms with Crippen LogP contribution >= 0.6 is 0 Å². The van der Waals surface area contributed by atoms with E-state index >= 15 is 0 Å². The van der Waals surface area contributed by atoms with Gasteiger partial charge in [-0.05, 0) is 0 Å². The Morgan fingerprint density at radius 2 is 1.50 bits per heavy atom. The van der Waals surface area contributed by atoms with E-state index in [0.29, 0.717) is 0 Å². The summed E-state index contributed by atoms with van der Waals surface area (Å²) in [6.07, 6.45) is -0.954. The Hall–Kier alpha value is -0.120. The van der Waals surface area contributed by atoms with Crippen LogP contribution in [0.1, 0.15) is 0 Å². The highest BCUT2D eigenvalue weighted by Crippen LogP contribution is 1.71. The molecule has 0 bridgehead atoms. The second-order valence-corrected chi connectivity index (χ2v) is 1.02. The summed E-state index contributed by atoms with van der Waals surface area (Å²) in [7, 11) is 0. The van der Waals surface area contributed by atoms with E-state index in [4.69, 9.17) is 15.3 Å². The van der Waals surface area contributed by atoms with E-state index in [1.807, 2.05) is 0 Å². The smallest absolute Gasteiger partial charge is 0.100 e. The fraction of sp³-hybridized carbons (Fsp3) is 1.00. The van der Waals surface area contributed by atoms with Crippen molar-refractivity contribution in [3.8, 4) is 0 Å². The standard InChI is InChI=1S/C3H8O3/c4-1-3(6)2-5/h3-6H,1-2H2/i3+1. The van der Waals surface area contributed by atoms with Gasteiger partial charge in [0.25, 0.3) is 0 Å². The van der Waals surface area contributed by atoms with Gasteiger partial charge in [0.1, 0.15) is 6.10 Å². The topological polar surface area (TPSA) is 60.7 Å². The normalized spacial score (nSPS) is 10.0. The Labute approximate surface area is 35.9 Å². The van der Waals surface area contributed by atoms with Gasteiger partial charge >= 0.3 is 0 Å². The van der Waals surface area contributed by atoms with Crippen LogP contribution in [0.2, 0.25) is 0 Å². The molecule has 38 valence electrons. The third kappa shape index (κ3) is 2.14. The fourth-order valence-electron chi connectivity index (χ4n) is 0.0577. The van der Waals surface area contributed by atoms with Crippen LogP contribution in [-0.2, 0) is 0 Å². The molecule has 3 N–H and O–H groups in total. The maximum atomic E-state index is 8.17. The van der Waals surface area contributed by atoms with Crippen molar-refractivity contribution >= 4 is 0 Å². The van der Waals surface area contributed by atoms with E-state index in [0.717, 1.165) is 0 Å². The third-order valence-corrected chi connectivity index (χ3v) is 0.421. The molecular formula is C3H8O3. The molecule has 0 aliphatic rings. The second kappa shape index (κ2) is 3.08. The number of aliphatic hydroxyl groups excluding tert-OH is 3. The minimum Gasteiger partial charge on any atom is -0.394 e. The molecule has 0 atom stereocenters. The van der Waals surface area contributed by atoms with Gasteiger partial charge in [-0.3, -0.25) is 0 Å². The first-order valence-corrected chi connectivity index (χ1v) is 1.71. The van der Waals surface area contributed by atoms with Gasteiger partial charge in [0.2, 0.25) is 0 Å². The first-order valence-electron chi connectivity index (χ1n) is 1.71. The van der Waals surface area contributed by atoms with Crippen LogP contribution in [0.5, 0.6) is 0 Å². The molecule has 6 heavy (non-hydrogen) atoms. The summed E-state index contributed by atoms with van der Waals surface area (Å²) in [6.45, 7) is -0.729. The summed E-state index contributed by atoms with van der Waals surface area (Å²) in [5, 5.41) is 24.0. The van der Waals surface area contributed by atoms with Crippen molar-refractivity contribution in [2.75, 3.05) is 13.2 Å². The Balaban J connectivity index is 2.75. The second-order valence-electron chi connectivity index (χ2n) is 1.02. The lowest BCUT2D eigenvalue weighted by Gasteiger charge is -1.96. The number of rotatable bonds is 2. The molecule has 3 nitrogen and oxygen atoms in total. The summed E-state index contributed by atoms with van der Waals surface area (Å²) < 4.78 is 0. The van der Waals surface area contributed by atoms with E-state index in [2.05, 4.69) is 0 Å². The van der Waals surface area contributed by atoms with Gasteiger partial charge in [-0.2, -0.15) is 0 Å². The summed E-state index contributed by atoms with van der Waals surface area (Å²) in [5.74, 6) is 0. The van der Waals surface area contributed by atoms with Crippen molar-refractivity contribution < 1.29 is 15.3 Å². The molecule has 0 fully saturated rings. The summed E-state index contributed by atoms with van der Waals surface area (Å²) in [4.78, 5) is 0. The van der Waals surface area contributed by atoms with Gasteiger partial charge in [-0.25, -0.2) is 0 Å². The molecular weight excluding hydrogens is 85.0 g/mol. The zero-order valence-electron chi connectivity index (χ0n) is 3.33. The van der Waals surface area contributed by atoms with Crippen molar-refractivity contribution in [3.63, 3.8) is 0 Å².